The summed E-state index contributed by atoms with van der Waals surface area (Å²) in [4.78, 5) is 9.95. The Morgan fingerprint density at radius 1 is 0.919 bits per heavy atom. The number of rotatable bonds is 6. The van der Waals surface area contributed by atoms with Gasteiger partial charge in [0.05, 0.1) is 37.7 Å². The molecule has 8 heteroatoms. The highest BCUT2D eigenvalue weighted by atomic mass is 35.5. The monoisotopic (exact) mass is 510 g/mol. The minimum atomic E-state index is -0.251. The third-order valence-electron chi connectivity index (χ3n) is 6.41. The summed E-state index contributed by atoms with van der Waals surface area (Å²) in [6.07, 6.45) is 2.21. The Kier molecular flexibility index (Phi) is 5.98. The van der Waals surface area contributed by atoms with Crippen molar-refractivity contribution in [1.29, 1.82) is 0 Å². The van der Waals surface area contributed by atoms with Crippen LogP contribution in [0, 0.1) is 0 Å². The van der Waals surface area contributed by atoms with E-state index in [-0.39, 0.29) is 6.04 Å². The van der Waals surface area contributed by atoms with Gasteiger partial charge in [0.25, 0.3) is 0 Å². The SMILES string of the molecule is COc1ccc(OC)c(C2CC(c3ccco3)=NN2c2nc(-c3ccccc3)c3cc(Cl)ccc3n2)c1. The maximum atomic E-state index is 6.36. The molecule has 37 heavy (non-hydrogen) atoms. The van der Waals surface area contributed by atoms with Crippen molar-refractivity contribution in [3.63, 3.8) is 0 Å². The van der Waals surface area contributed by atoms with Crippen LogP contribution in [-0.2, 0) is 0 Å². The molecule has 3 aromatic carbocycles. The number of ether oxygens (including phenoxy) is 2. The quantitative estimate of drug-likeness (QED) is 0.247. The molecule has 0 saturated carbocycles. The number of halogens is 1. The molecule has 0 bridgehead atoms. The van der Waals surface area contributed by atoms with Crippen LogP contribution in [0.1, 0.15) is 23.8 Å². The van der Waals surface area contributed by atoms with Crippen molar-refractivity contribution >= 4 is 34.2 Å². The molecule has 3 heterocycles. The minimum Gasteiger partial charge on any atom is -0.497 e. The van der Waals surface area contributed by atoms with E-state index in [4.69, 9.17) is 40.6 Å². The fourth-order valence-electron chi connectivity index (χ4n) is 4.64. The van der Waals surface area contributed by atoms with Crippen molar-refractivity contribution in [3.8, 4) is 22.8 Å². The minimum absolute atomic E-state index is 0.251. The fraction of sp³-hybridized carbons (Fsp3) is 0.138. The molecular weight excluding hydrogens is 488 g/mol. The number of hydrazone groups is 1. The Labute approximate surface area is 218 Å². The molecule has 1 unspecified atom stereocenters. The average molecular weight is 511 g/mol. The number of benzene rings is 3. The van der Waals surface area contributed by atoms with Crippen LogP contribution in [0.4, 0.5) is 5.95 Å². The van der Waals surface area contributed by atoms with Crippen LogP contribution in [0.3, 0.4) is 0 Å². The molecule has 1 atom stereocenters. The van der Waals surface area contributed by atoms with Crippen molar-refractivity contribution in [3.05, 3.63) is 101 Å². The van der Waals surface area contributed by atoms with E-state index in [0.29, 0.717) is 23.2 Å². The van der Waals surface area contributed by atoms with Gasteiger partial charge in [-0.25, -0.2) is 15.0 Å². The zero-order chi connectivity index (χ0) is 25.4. The summed E-state index contributed by atoms with van der Waals surface area (Å²) >= 11 is 6.36. The molecule has 184 valence electrons. The molecule has 0 aliphatic carbocycles. The maximum absolute atomic E-state index is 6.36. The number of aromatic nitrogens is 2. The van der Waals surface area contributed by atoms with Crippen molar-refractivity contribution in [2.75, 3.05) is 19.2 Å². The molecule has 0 fully saturated rings. The van der Waals surface area contributed by atoms with E-state index in [9.17, 15) is 0 Å². The molecule has 0 N–H and O–H groups in total. The molecule has 1 aliphatic heterocycles. The largest absolute Gasteiger partial charge is 0.497 e. The van der Waals surface area contributed by atoms with Crippen LogP contribution in [0.15, 0.2) is 94.6 Å². The second-order valence-electron chi connectivity index (χ2n) is 8.60. The molecule has 7 nitrogen and oxygen atoms in total. The van der Waals surface area contributed by atoms with Gasteiger partial charge in [-0.15, -0.1) is 0 Å². The van der Waals surface area contributed by atoms with Crippen molar-refractivity contribution < 1.29 is 13.9 Å². The molecule has 0 amide bonds. The smallest absolute Gasteiger partial charge is 0.247 e. The van der Waals surface area contributed by atoms with Crippen LogP contribution < -0.4 is 14.5 Å². The van der Waals surface area contributed by atoms with Crippen LogP contribution in [0.5, 0.6) is 11.5 Å². The normalized spacial score (nSPS) is 15.2. The standard InChI is InChI=1S/C29H23ClN4O3/c1-35-20-11-13-26(36-2)22(16-20)25-17-24(27-9-6-14-37-27)33-34(25)29-31-23-12-10-19(30)15-21(23)28(32-29)18-7-4-3-5-8-18/h3-16,25H,17H2,1-2H3. The number of anilines is 1. The van der Waals surface area contributed by atoms with Gasteiger partial charge >= 0.3 is 0 Å². The van der Waals surface area contributed by atoms with Gasteiger partial charge in [-0.05, 0) is 48.5 Å². The lowest BCUT2D eigenvalue weighted by Gasteiger charge is -2.24. The van der Waals surface area contributed by atoms with Gasteiger partial charge < -0.3 is 13.9 Å². The highest BCUT2D eigenvalue weighted by Gasteiger charge is 2.35. The third-order valence-corrected chi connectivity index (χ3v) is 6.65. The fourth-order valence-corrected chi connectivity index (χ4v) is 4.81. The summed E-state index contributed by atoms with van der Waals surface area (Å²) in [5.74, 6) is 2.61. The summed E-state index contributed by atoms with van der Waals surface area (Å²) in [6, 6.07) is 24.9. The zero-order valence-electron chi connectivity index (χ0n) is 20.3. The zero-order valence-corrected chi connectivity index (χ0v) is 21.0. The molecule has 2 aromatic heterocycles. The summed E-state index contributed by atoms with van der Waals surface area (Å²) in [6.45, 7) is 0. The number of fused-ring (bicyclic) bond motifs is 1. The van der Waals surface area contributed by atoms with E-state index < -0.39 is 0 Å². The van der Waals surface area contributed by atoms with Crippen LogP contribution >= 0.6 is 11.6 Å². The van der Waals surface area contributed by atoms with Crippen molar-refractivity contribution in [2.45, 2.75) is 12.5 Å². The lowest BCUT2D eigenvalue weighted by atomic mass is 9.99. The van der Waals surface area contributed by atoms with E-state index in [1.165, 1.54) is 0 Å². The second kappa shape index (κ2) is 9.59. The van der Waals surface area contributed by atoms with Gasteiger partial charge in [0.2, 0.25) is 5.95 Å². The molecule has 0 spiro atoms. The predicted octanol–water partition coefficient (Wildman–Crippen LogP) is 6.92. The first kappa shape index (κ1) is 23.1. The number of hydrogen-bond acceptors (Lipinski definition) is 7. The first-order valence-electron chi connectivity index (χ1n) is 11.8. The van der Waals surface area contributed by atoms with E-state index >= 15 is 0 Å². The Balaban J connectivity index is 1.56. The Morgan fingerprint density at radius 3 is 2.54 bits per heavy atom. The van der Waals surface area contributed by atoms with Gasteiger partial charge in [0, 0.05) is 28.0 Å². The lowest BCUT2D eigenvalue weighted by molar-refractivity contribution is 0.395. The number of nitrogens with zero attached hydrogens (tertiary/aromatic N) is 4. The van der Waals surface area contributed by atoms with Crippen LogP contribution in [-0.4, -0.2) is 29.9 Å². The second-order valence-corrected chi connectivity index (χ2v) is 9.03. The van der Waals surface area contributed by atoms with E-state index in [2.05, 4.69) is 0 Å². The van der Waals surface area contributed by atoms with Crippen molar-refractivity contribution in [1.82, 2.24) is 9.97 Å². The summed E-state index contributed by atoms with van der Waals surface area (Å²) < 4.78 is 17.0. The first-order valence-corrected chi connectivity index (χ1v) is 12.2. The Hall–Kier alpha value is -4.36. The topological polar surface area (TPSA) is 73.0 Å². The molecule has 6 rings (SSSR count). The van der Waals surface area contributed by atoms with E-state index in [1.807, 2.05) is 83.9 Å². The summed E-state index contributed by atoms with van der Waals surface area (Å²) in [5, 5.41) is 8.29. The van der Waals surface area contributed by atoms with Crippen LogP contribution in [0.2, 0.25) is 5.02 Å². The van der Waals surface area contributed by atoms with Crippen molar-refractivity contribution in [2.24, 2.45) is 5.10 Å². The molecule has 1 aliphatic rings. The van der Waals surface area contributed by atoms with Gasteiger partial charge in [-0.3, -0.25) is 0 Å². The highest BCUT2D eigenvalue weighted by Crippen LogP contribution is 2.42. The maximum Gasteiger partial charge on any atom is 0.247 e. The third kappa shape index (κ3) is 4.27. The summed E-state index contributed by atoms with van der Waals surface area (Å²) in [7, 11) is 3.30. The number of furan rings is 1. The average Bonchev–Trinajstić information content (AvgIpc) is 3.63. The van der Waals surface area contributed by atoms with E-state index in [0.717, 1.165) is 44.9 Å². The predicted molar refractivity (Wildman–Crippen MR) is 145 cm³/mol. The lowest BCUT2D eigenvalue weighted by Crippen LogP contribution is -2.22. The Bertz CT molecular complexity index is 1600. The molecular formula is C29H23ClN4O3. The molecule has 0 saturated heterocycles. The van der Waals surface area contributed by atoms with Gasteiger partial charge in [0.1, 0.15) is 23.0 Å². The number of methoxy groups -OCH3 is 2. The first-order chi connectivity index (χ1) is 18.1. The summed E-state index contributed by atoms with van der Waals surface area (Å²) in [5.41, 5.74) is 4.21. The Morgan fingerprint density at radius 2 is 1.78 bits per heavy atom. The van der Waals surface area contributed by atoms with Gasteiger partial charge in [-0.1, -0.05) is 41.9 Å². The molecule has 5 aromatic rings. The number of hydrogen-bond donors (Lipinski definition) is 0. The highest BCUT2D eigenvalue weighted by molar-refractivity contribution is 6.31. The van der Waals surface area contributed by atoms with Gasteiger partial charge in [-0.2, -0.15) is 5.10 Å². The molecule has 0 radical (unpaired) electrons. The van der Waals surface area contributed by atoms with Crippen LogP contribution in [0.25, 0.3) is 22.2 Å². The van der Waals surface area contributed by atoms with E-state index in [1.54, 1.807) is 20.5 Å². The van der Waals surface area contributed by atoms with Gasteiger partial charge in [0.15, 0.2) is 0 Å².